The van der Waals surface area contributed by atoms with E-state index in [0.717, 1.165) is 16.5 Å². The smallest absolute Gasteiger partial charge is 0.0696 e. The molecule has 0 heterocycles. The minimum absolute atomic E-state index is 0.183. The first-order chi connectivity index (χ1) is 15.0. The van der Waals surface area contributed by atoms with Gasteiger partial charge in [-0.05, 0) is 71.8 Å². The van der Waals surface area contributed by atoms with Crippen molar-refractivity contribution in [2.45, 2.75) is 33.6 Å². The van der Waals surface area contributed by atoms with Gasteiger partial charge >= 0.3 is 0 Å². The topological polar surface area (TPSA) is 23.9 Å². The van der Waals surface area contributed by atoms with E-state index in [4.69, 9.17) is 0 Å². The van der Waals surface area contributed by atoms with Crippen molar-refractivity contribution in [2.24, 2.45) is 0 Å². The second-order valence-corrected chi connectivity index (χ2v) is 8.76. The standard InChI is InChI=1S/C30H27N/c1-18-13-15-24(21(4)20(18)3)30(31)29-25-11-7-5-9-22(25)14-16-27(29)28-19(2)17-23-10-6-8-12-26(23)28/h5-17,28,31H,1-4H3. The number of aryl methyl sites for hydroxylation is 1. The van der Waals surface area contributed by atoms with Crippen molar-refractivity contribution < 1.29 is 0 Å². The molecule has 5 rings (SSSR count). The largest absolute Gasteiger partial charge is 0.300 e. The minimum Gasteiger partial charge on any atom is -0.300 e. The van der Waals surface area contributed by atoms with Gasteiger partial charge in [-0.1, -0.05) is 84.4 Å². The van der Waals surface area contributed by atoms with E-state index in [2.05, 4.69) is 107 Å². The van der Waals surface area contributed by atoms with Gasteiger partial charge in [0, 0.05) is 17.0 Å². The predicted molar refractivity (Wildman–Crippen MR) is 132 cm³/mol. The van der Waals surface area contributed by atoms with E-state index in [1.165, 1.54) is 44.3 Å². The first-order valence-electron chi connectivity index (χ1n) is 10.9. The Kier molecular flexibility index (Phi) is 4.63. The Morgan fingerprint density at radius 2 is 1.45 bits per heavy atom. The lowest BCUT2D eigenvalue weighted by Crippen LogP contribution is -2.13. The highest BCUT2D eigenvalue weighted by atomic mass is 14.4. The van der Waals surface area contributed by atoms with Crippen molar-refractivity contribution in [1.82, 2.24) is 0 Å². The van der Waals surface area contributed by atoms with Crippen LogP contribution in [0.25, 0.3) is 16.8 Å². The third-order valence-electron chi connectivity index (χ3n) is 7.00. The number of nitrogens with one attached hydrogen (secondary N) is 1. The van der Waals surface area contributed by atoms with Crippen LogP contribution >= 0.6 is 0 Å². The first kappa shape index (κ1) is 19.5. The molecule has 0 saturated carbocycles. The Morgan fingerprint density at radius 1 is 0.710 bits per heavy atom. The summed E-state index contributed by atoms with van der Waals surface area (Å²) in [7, 11) is 0. The molecule has 1 aliphatic rings. The highest BCUT2D eigenvalue weighted by Crippen LogP contribution is 2.43. The van der Waals surface area contributed by atoms with Crippen LogP contribution in [0.2, 0.25) is 0 Å². The van der Waals surface area contributed by atoms with Crippen LogP contribution < -0.4 is 0 Å². The first-order valence-corrected chi connectivity index (χ1v) is 10.9. The number of rotatable bonds is 3. The van der Waals surface area contributed by atoms with Crippen molar-refractivity contribution in [3.05, 3.63) is 123 Å². The quantitative estimate of drug-likeness (QED) is 0.340. The Hall–Kier alpha value is -3.45. The molecule has 152 valence electrons. The molecule has 0 aromatic heterocycles. The lowest BCUT2D eigenvalue weighted by atomic mass is 9.81. The summed E-state index contributed by atoms with van der Waals surface area (Å²) < 4.78 is 0. The van der Waals surface area contributed by atoms with Gasteiger partial charge in [0.15, 0.2) is 0 Å². The molecule has 1 heteroatoms. The summed E-state index contributed by atoms with van der Waals surface area (Å²) >= 11 is 0. The minimum atomic E-state index is 0.183. The van der Waals surface area contributed by atoms with Crippen LogP contribution in [-0.2, 0) is 0 Å². The molecular weight excluding hydrogens is 374 g/mol. The highest BCUT2D eigenvalue weighted by Gasteiger charge is 2.28. The molecule has 0 spiro atoms. The van der Waals surface area contributed by atoms with Crippen LogP contribution in [0, 0.1) is 26.2 Å². The van der Waals surface area contributed by atoms with Gasteiger partial charge in [-0.25, -0.2) is 0 Å². The Labute approximate surface area is 184 Å². The second-order valence-electron chi connectivity index (χ2n) is 8.76. The zero-order chi connectivity index (χ0) is 21.7. The summed E-state index contributed by atoms with van der Waals surface area (Å²) in [6.07, 6.45) is 2.30. The van der Waals surface area contributed by atoms with Gasteiger partial charge in [-0.2, -0.15) is 0 Å². The van der Waals surface area contributed by atoms with Gasteiger partial charge < -0.3 is 0 Å². The van der Waals surface area contributed by atoms with E-state index in [9.17, 15) is 5.41 Å². The fourth-order valence-corrected chi connectivity index (χ4v) is 5.06. The molecule has 0 radical (unpaired) electrons. The van der Waals surface area contributed by atoms with Gasteiger partial charge in [0.1, 0.15) is 0 Å². The molecular formula is C30H27N. The molecule has 0 saturated heterocycles. The van der Waals surface area contributed by atoms with Gasteiger partial charge in [-0.15, -0.1) is 0 Å². The molecule has 0 bridgehead atoms. The Balaban J connectivity index is 1.80. The van der Waals surface area contributed by atoms with E-state index in [1.807, 2.05) is 0 Å². The molecule has 1 N–H and O–H groups in total. The number of benzene rings is 4. The molecule has 0 aliphatic heterocycles. The number of allylic oxidation sites excluding steroid dienone is 1. The number of fused-ring (bicyclic) bond motifs is 2. The molecule has 1 atom stereocenters. The molecule has 1 nitrogen and oxygen atoms in total. The average Bonchev–Trinajstić information content (AvgIpc) is 3.12. The third kappa shape index (κ3) is 3.04. The molecule has 31 heavy (non-hydrogen) atoms. The summed E-state index contributed by atoms with van der Waals surface area (Å²) in [6, 6.07) is 25.8. The van der Waals surface area contributed by atoms with Crippen LogP contribution in [-0.4, -0.2) is 5.71 Å². The van der Waals surface area contributed by atoms with Crippen LogP contribution in [0.3, 0.4) is 0 Å². The maximum absolute atomic E-state index is 9.40. The summed E-state index contributed by atoms with van der Waals surface area (Å²) in [5.74, 6) is 0.183. The molecule has 4 aromatic carbocycles. The molecule has 1 aliphatic carbocycles. The zero-order valence-electron chi connectivity index (χ0n) is 18.6. The second kappa shape index (κ2) is 7.35. The van der Waals surface area contributed by atoms with E-state index >= 15 is 0 Å². The molecule has 0 amide bonds. The van der Waals surface area contributed by atoms with Crippen molar-refractivity contribution in [3.8, 4) is 0 Å². The number of hydrogen-bond donors (Lipinski definition) is 1. The van der Waals surface area contributed by atoms with Crippen molar-refractivity contribution in [2.75, 3.05) is 0 Å². The molecule has 1 unspecified atom stereocenters. The summed E-state index contributed by atoms with van der Waals surface area (Å²) in [4.78, 5) is 0. The Bertz CT molecular complexity index is 1390. The monoisotopic (exact) mass is 401 g/mol. The normalized spacial score (nSPS) is 15.1. The Morgan fingerprint density at radius 3 is 2.29 bits per heavy atom. The summed E-state index contributed by atoms with van der Waals surface area (Å²) in [5, 5.41) is 11.7. The maximum Gasteiger partial charge on any atom is 0.0696 e. The van der Waals surface area contributed by atoms with E-state index in [-0.39, 0.29) is 5.92 Å². The fraction of sp³-hybridized carbons (Fsp3) is 0.167. The predicted octanol–water partition coefficient (Wildman–Crippen LogP) is 7.73. The van der Waals surface area contributed by atoms with Gasteiger partial charge in [0.25, 0.3) is 0 Å². The van der Waals surface area contributed by atoms with Crippen molar-refractivity contribution in [3.63, 3.8) is 0 Å². The highest BCUT2D eigenvalue weighted by molar-refractivity contribution is 6.19. The van der Waals surface area contributed by atoms with Gasteiger partial charge in [-0.3, -0.25) is 5.41 Å². The summed E-state index contributed by atoms with van der Waals surface area (Å²) in [6.45, 7) is 8.66. The van der Waals surface area contributed by atoms with Gasteiger partial charge in [0.05, 0.1) is 5.71 Å². The zero-order valence-corrected chi connectivity index (χ0v) is 18.6. The molecule has 0 fully saturated rings. The van der Waals surface area contributed by atoms with E-state index < -0.39 is 0 Å². The number of hydrogen-bond acceptors (Lipinski definition) is 1. The van der Waals surface area contributed by atoms with Crippen LogP contribution in [0.4, 0.5) is 0 Å². The van der Waals surface area contributed by atoms with Gasteiger partial charge in [0.2, 0.25) is 0 Å². The third-order valence-corrected chi connectivity index (χ3v) is 7.00. The lowest BCUT2D eigenvalue weighted by Gasteiger charge is -2.23. The lowest BCUT2D eigenvalue weighted by molar-refractivity contribution is 0.975. The SMILES string of the molecule is CC1=Cc2ccccc2C1c1ccc2ccccc2c1C(=N)c1ccc(C)c(C)c1C. The summed E-state index contributed by atoms with van der Waals surface area (Å²) in [5.41, 5.74) is 11.6. The van der Waals surface area contributed by atoms with E-state index in [0.29, 0.717) is 5.71 Å². The van der Waals surface area contributed by atoms with Crippen LogP contribution in [0.1, 0.15) is 57.3 Å². The van der Waals surface area contributed by atoms with Crippen LogP contribution in [0.5, 0.6) is 0 Å². The van der Waals surface area contributed by atoms with Crippen LogP contribution in [0.15, 0.2) is 78.4 Å². The van der Waals surface area contributed by atoms with Crippen molar-refractivity contribution in [1.29, 1.82) is 5.41 Å². The average molecular weight is 402 g/mol. The van der Waals surface area contributed by atoms with Crippen molar-refractivity contribution >= 4 is 22.6 Å². The fourth-order valence-electron chi connectivity index (χ4n) is 5.06. The maximum atomic E-state index is 9.40. The molecule has 4 aromatic rings. The van der Waals surface area contributed by atoms with E-state index in [1.54, 1.807) is 0 Å².